The van der Waals surface area contributed by atoms with Crippen LogP contribution in [-0.4, -0.2) is 93.1 Å². The SMILES string of the molecule is CN(C)CCCC[C]([GeH3])(CCCN(C)C)CCCN(C)C. The van der Waals surface area contributed by atoms with Crippen molar-refractivity contribution >= 4 is 16.5 Å². The molecule has 0 atom stereocenters. The first-order valence-corrected chi connectivity index (χ1v) is 10.8. The van der Waals surface area contributed by atoms with Crippen LogP contribution in [0.25, 0.3) is 0 Å². The van der Waals surface area contributed by atoms with E-state index in [1.54, 1.807) is 0 Å². The molecule has 4 heteroatoms. The molecule has 0 unspecified atom stereocenters. The molecule has 21 heavy (non-hydrogen) atoms. The van der Waals surface area contributed by atoms with Crippen molar-refractivity contribution in [2.75, 3.05) is 61.9 Å². The molecular weight excluding hydrogens is 319 g/mol. The van der Waals surface area contributed by atoms with Gasteiger partial charge < -0.3 is 0 Å². The normalized spacial score (nSPS) is 13.0. The van der Waals surface area contributed by atoms with Crippen LogP contribution in [0.4, 0.5) is 0 Å². The van der Waals surface area contributed by atoms with Gasteiger partial charge in [-0.2, -0.15) is 0 Å². The maximum absolute atomic E-state index is 2.33. The molecule has 0 bridgehead atoms. The Morgan fingerprint density at radius 3 is 1.29 bits per heavy atom. The molecule has 3 nitrogen and oxygen atoms in total. The summed E-state index contributed by atoms with van der Waals surface area (Å²) in [6.45, 7) is 3.75. The summed E-state index contributed by atoms with van der Waals surface area (Å²) in [5.41, 5.74) is 0. The molecule has 0 saturated carbocycles. The quantitative estimate of drug-likeness (QED) is 0.367. The monoisotopic (exact) mass is 361 g/mol. The molecule has 0 aliphatic carbocycles. The van der Waals surface area contributed by atoms with Gasteiger partial charge in [-0.3, -0.25) is 0 Å². The number of hydrogen-bond donors (Lipinski definition) is 0. The second kappa shape index (κ2) is 11.9. The second-order valence-corrected chi connectivity index (χ2v) is 12.3. The zero-order valence-corrected chi connectivity index (χ0v) is 20.1. The van der Waals surface area contributed by atoms with Crippen LogP contribution in [0.5, 0.6) is 0 Å². The molecule has 0 aromatic carbocycles. The van der Waals surface area contributed by atoms with Gasteiger partial charge in [0, 0.05) is 0 Å². The molecule has 0 aliphatic heterocycles. The molecular formula is C17H41GeN3. The van der Waals surface area contributed by atoms with Gasteiger partial charge >= 0.3 is 142 Å². The van der Waals surface area contributed by atoms with Gasteiger partial charge in [0.25, 0.3) is 0 Å². The first kappa shape index (κ1) is 21.4. The van der Waals surface area contributed by atoms with Crippen LogP contribution in [0.3, 0.4) is 0 Å². The van der Waals surface area contributed by atoms with Gasteiger partial charge in [-0.15, -0.1) is 0 Å². The fraction of sp³-hybridized carbons (Fsp3) is 1.00. The Hall–Kier alpha value is 0.423. The van der Waals surface area contributed by atoms with Crippen molar-refractivity contribution in [1.82, 2.24) is 14.7 Å². The minimum absolute atomic E-state index is 0.728. The molecule has 0 saturated heterocycles. The van der Waals surface area contributed by atoms with E-state index in [9.17, 15) is 0 Å². The van der Waals surface area contributed by atoms with Crippen LogP contribution in [0.2, 0.25) is 4.25 Å². The summed E-state index contributed by atoms with van der Waals surface area (Å²) in [6.07, 6.45) is 9.94. The van der Waals surface area contributed by atoms with E-state index >= 15 is 0 Å². The Balaban J connectivity index is 4.16. The average molecular weight is 360 g/mol. The molecule has 0 spiro atoms. The van der Waals surface area contributed by atoms with Gasteiger partial charge in [0.2, 0.25) is 0 Å². The van der Waals surface area contributed by atoms with Gasteiger partial charge in [0.1, 0.15) is 0 Å². The van der Waals surface area contributed by atoms with Crippen LogP contribution in [0.1, 0.15) is 44.9 Å². The molecule has 0 amide bonds. The summed E-state index contributed by atoms with van der Waals surface area (Å²) in [4.78, 5) is 6.98. The Labute approximate surface area is 142 Å². The summed E-state index contributed by atoms with van der Waals surface area (Å²) in [6, 6.07) is 0. The zero-order chi connectivity index (χ0) is 16.3. The molecule has 0 fully saturated rings. The third-order valence-electron chi connectivity index (χ3n) is 4.41. The standard InChI is InChI=1S/C17H41GeN3/c1-19(2)14-8-7-11-17(18,12-9-15-20(3)4)13-10-16-21(5)6/h7-16H2,1-6,18H3. The maximum atomic E-state index is 2.33. The molecule has 0 rings (SSSR count). The zero-order valence-electron chi connectivity index (χ0n) is 15.9. The van der Waals surface area contributed by atoms with Crippen LogP contribution in [-0.2, 0) is 0 Å². The van der Waals surface area contributed by atoms with E-state index in [-0.39, 0.29) is 0 Å². The van der Waals surface area contributed by atoms with Gasteiger partial charge in [0.05, 0.1) is 0 Å². The van der Waals surface area contributed by atoms with Gasteiger partial charge in [-0.25, -0.2) is 0 Å². The van der Waals surface area contributed by atoms with E-state index in [2.05, 4.69) is 57.0 Å². The second-order valence-electron chi connectivity index (χ2n) is 7.88. The van der Waals surface area contributed by atoms with E-state index < -0.39 is 0 Å². The summed E-state index contributed by atoms with van der Waals surface area (Å²) < 4.78 is 0.728. The third-order valence-corrected chi connectivity index (χ3v) is 7.55. The van der Waals surface area contributed by atoms with Crippen molar-refractivity contribution in [3.8, 4) is 0 Å². The first-order valence-electron chi connectivity index (χ1n) is 8.69. The van der Waals surface area contributed by atoms with Crippen molar-refractivity contribution in [3.05, 3.63) is 0 Å². The predicted molar refractivity (Wildman–Crippen MR) is 101 cm³/mol. The third kappa shape index (κ3) is 13.8. The van der Waals surface area contributed by atoms with Crippen molar-refractivity contribution in [3.63, 3.8) is 0 Å². The van der Waals surface area contributed by atoms with E-state index in [0.29, 0.717) is 0 Å². The van der Waals surface area contributed by atoms with Crippen LogP contribution in [0.15, 0.2) is 0 Å². The van der Waals surface area contributed by atoms with Crippen molar-refractivity contribution in [1.29, 1.82) is 0 Å². The topological polar surface area (TPSA) is 9.72 Å². The van der Waals surface area contributed by atoms with E-state index in [1.165, 1.54) is 64.6 Å². The van der Waals surface area contributed by atoms with Gasteiger partial charge in [-0.05, 0) is 0 Å². The summed E-state index contributed by atoms with van der Waals surface area (Å²) in [7, 11) is 13.2. The van der Waals surface area contributed by atoms with Crippen LogP contribution < -0.4 is 0 Å². The summed E-state index contributed by atoms with van der Waals surface area (Å²) in [5, 5.41) is 0. The number of hydrogen-bond acceptors (Lipinski definition) is 3. The molecule has 0 aromatic heterocycles. The van der Waals surface area contributed by atoms with Crippen molar-refractivity contribution < 1.29 is 0 Å². The minimum atomic E-state index is 0.728. The fourth-order valence-electron chi connectivity index (χ4n) is 3.00. The molecule has 0 heterocycles. The molecule has 0 aliphatic rings. The van der Waals surface area contributed by atoms with Crippen LogP contribution >= 0.6 is 0 Å². The summed E-state index contributed by atoms with van der Waals surface area (Å²) >= 11 is 0.941. The van der Waals surface area contributed by atoms with Crippen molar-refractivity contribution in [2.45, 2.75) is 49.2 Å². The Morgan fingerprint density at radius 1 is 0.571 bits per heavy atom. The Kier molecular flexibility index (Phi) is 12.2. The average Bonchev–Trinajstić information content (AvgIpc) is 2.33. The van der Waals surface area contributed by atoms with Gasteiger partial charge in [0.15, 0.2) is 0 Å². The molecule has 128 valence electrons. The van der Waals surface area contributed by atoms with E-state index in [4.69, 9.17) is 0 Å². The molecule has 0 radical (unpaired) electrons. The van der Waals surface area contributed by atoms with Crippen molar-refractivity contribution in [2.24, 2.45) is 0 Å². The molecule has 0 N–H and O–H groups in total. The molecule has 0 aromatic rings. The van der Waals surface area contributed by atoms with E-state index in [0.717, 1.165) is 20.8 Å². The number of nitrogens with zero attached hydrogens (tertiary/aromatic N) is 3. The Bertz CT molecular complexity index is 228. The number of unbranched alkanes of at least 4 members (excludes halogenated alkanes) is 1. The summed E-state index contributed by atoms with van der Waals surface area (Å²) in [5.74, 6) is 0. The van der Waals surface area contributed by atoms with Crippen LogP contribution in [0, 0.1) is 0 Å². The Morgan fingerprint density at radius 2 is 0.905 bits per heavy atom. The first-order chi connectivity index (χ1) is 9.75. The van der Waals surface area contributed by atoms with Gasteiger partial charge in [-0.1, -0.05) is 0 Å². The number of rotatable bonds is 13. The van der Waals surface area contributed by atoms with E-state index in [1.807, 2.05) is 0 Å². The fourth-order valence-corrected chi connectivity index (χ4v) is 5.22. The predicted octanol–water partition coefficient (Wildman–Crippen LogP) is 1.93.